The van der Waals surface area contributed by atoms with Crippen LogP contribution in [-0.4, -0.2) is 61.0 Å². The van der Waals surface area contributed by atoms with Crippen molar-refractivity contribution in [1.82, 2.24) is 15.1 Å². The zero-order chi connectivity index (χ0) is 21.0. The molecule has 4 aliphatic rings. The molecule has 4 fully saturated rings. The minimum absolute atomic E-state index is 0.0288. The summed E-state index contributed by atoms with van der Waals surface area (Å²) in [6.07, 6.45) is 0. The summed E-state index contributed by atoms with van der Waals surface area (Å²) in [6.45, 7) is 5.92. The van der Waals surface area contributed by atoms with E-state index in [2.05, 4.69) is 39.4 Å². The van der Waals surface area contributed by atoms with Crippen molar-refractivity contribution in [2.24, 2.45) is 5.92 Å². The average Bonchev–Trinajstić information content (AvgIpc) is 3.04. The van der Waals surface area contributed by atoms with Gasteiger partial charge < -0.3 is 19.5 Å². The number of carbonyl (C=O) groups excluding carboxylic acids is 1. The summed E-state index contributed by atoms with van der Waals surface area (Å²) in [5.41, 5.74) is 1.06. The van der Waals surface area contributed by atoms with E-state index in [1.807, 2.05) is 24.3 Å². The summed E-state index contributed by atoms with van der Waals surface area (Å²) in [6, 6.07) is 19.5. The topological polar surface area (TPSA) is 65.8 Å². The Morgan fingerprint density at radius 3 is 2.39 bits per heavy atom. The maximum absolute atomic E-state index is 13.4. The quantitative estimate of drug-likeness (QED) is 0.664. The van der Waals surface area contributed by atoms with Crippen LogP contribution in [0.25, 0.3) is 11.0 Å². The van der Waals surface area contributed by atoms with E-state index < -0.39 is 5.63 Å². The second-order valence-corrected chi connectivity index (χ2v) is 9.19. The van der Waals surface area contributed by atoms with Gasteiger partial charge in [-0.1, -0.05) is 48.5 Å². The first-order valence-electron chi connectivity index (χ1n) is 11.0. The van der Waals surface area contributed by atoms with Crippen LogP contribution in [0.2, 0.25) is 0 Å². The van der Waals surface area contributed by atoms with Gasteiger partial charge in [0, 0.05) is 62.0 Å². The Kier molecular flexibility index (Phi) is 4.26. The smallest absolute Gasteiger partial charge is 0.349 e. The third kappa shape index (κ3) is 3.01. The largest absolute Gasteiger partial charge is 0.422 e. The zero-order valence-electron chi connectivity index (χ0n) is 17.3. The lowest BCUT2D eigenvalue weighted by Crippen LogP contribution is -2.70. The van der Waals surface area contributed by atoms with Crippen molar-refractivity contribution >= 4 is 16.9 Å². The normalized spacial score (nSPS) is 31.5. The molecule has 31 heavy (non-hydrogen) atoms. The van der Waals surface area contributed by atoms with E-state index in [0.717, 1.165) is 44.7 Å². The molecule has 5 heterocycles. The third-order valence-electron chi connectivity index (χ3n) is 7.32. The number of rotatable bonds is 3. The molecule has 0 spiro atoms. The highest BCUT2D eigenvalue weighted by Gasteiger charge is 2.55. The molecule has 6 nitrogen and oxygen atoms in total. The molecule has 1 aromatic heterocycles. The van der Waals surface area contributed by atoms with E-state index in [4.69, 9.17) is 4.42 Å². The summed E-state index contributed by atoms with van der Waals surface area (Å²) in [7, 11) is 0. The van der Waals surface area contributed by atoms with Gasteiger partial charge in [-0.15, -0.1) is 0 Å². The Labute approximate surface area is 180 Å². The zero-order valence-corrected chi connectivity index (χ0v) is 17.3. The van der Waals surface area contributed by atoms with E-state index in [1.54, 1.807) is 12.1 Å². The first kappa shape index (κ1) is 18.8. The number of nitrogens with one attached hydrogen (secondary N) is 1. The maximum Gasteiger partial charge on any atom is 0.349 e. The van der Waals surface area contributed by atoms with Crippen molar-refractivity contribution in [3.63, 3.8) is 0 Å². The van der Waals surface area contributed by atoms with Crippen LogP contribution in [0, 0.1) is 5.92 Å². The molecule has 0 saturated carbocycles. The summed E-state index contributed by atoms with van der Waals surface area (Å²) in [5, 5.41) is 4.05. The number of hydrogen-bond acceptors (Lipinski definition) is 5. The molecule has 3 atom stereocenters. The molecule has 0 aliphatic carbocycles. The predicted octanol–water partition coefficient (Wildman–Crippen LogP) is 2.09. The van der Waals surface area contributed by atoms with Gasteiger partial charge in [-0.25, -0.2) is 4.79 Å². The van der Waals surface area contributed by atoms with Crippen molar-refractivity contribution in [2.45, 2.75) is 11.5 Å². The lowest BCUT2D eigenvalue weighted by molar-refractivity contribution is 0.0180. The van der Waals surface area contributed by atoms with Crippen molar-refractivity contribution in [3.8, 4) is 0 Å². The Morgan fingerprint density at radius 1 is 0.968 bits per heavy atom. The van der Waals surface area contributed by atoms with Crippen molar-refractivity contribution < 1.29 is 9.21 Å². The number of hydrogen-bond donors (Lipinski definition) is 1. The Bertz CT molecular complexity index is 1190. The van der Waals surface area contributed by atoms with Gasteiger partial charge in [-0.2, -0.15) is 0 Å². The third-order valence-corrected chi connectivity index (χ3v) is 7.32. The number of amides is 1. The van der Waals surface area contributed by atoms with E-state index in [1.165, 1.54) is 5.56 Å². The lowest BCUT2D eigenvalue weighted by Gasteiger charge is -2.55. The number of benzene rings is 2. The summed E-state index contributed by atoms with van der Waals surface area (Å²) in [5.74, 6) is -0.0161. The molecule has 7 rings (SSSR count). The molecular formula is C25H25N3O3. The van der Waals surface area contributed by atoms with Gasteiger partial charge in [0.25, 0.3) is 5.91 Å². The van der Waals surface area contributed by atoms with Crippen LogP contribution < -0.4 is 10.9 Å². The molecule has 158 valence electrons. The summed E-state index contributed by atoms with van der Waals surface area (Å²) < 4.78 is 5.42. The molecule has 3 aromatic rings. The van der Waals surface area contributed by atoms with Gasteiger partial charge in [-0.3, -0.25) is 4.79 Å². The maximum atomic E-state index is 13.4. The van der Waals surface area contributed by atoms with Crippen LogP contribution in [0.15, 0.2) is 69.9 Å². The van der Waals surface area contributed by atoms with Gasteiger partial charge in [0.15, 0.2) is 0 Å². The first-order chi connectivity index (χ1) is 15.1. The molecule has 1 N–H and O–H groups in total. The van der Waals surface area contributed by atoms with Crippen molar-refractivity contribution in [3.05, 3.63) is 82.2 Å². The van der Waals surface area contributed by atoms with E-state index in [0.29, 0.717) is 11.5 Å². The number of para-hydroxylation sites is 1. The van der Waals surface area contributed by atoms with Crippen LogP contribution in [-0.2, 0) is 5.41 Å². The second kappa shape index (κ2) is 7.04. The molecule has 1 amide bonds. The fraction of sp³-hybridized carbons (Fsp3) is 0.360. The van der Waals surface area contributed by atoms with E-state index >= 15 is 0 Å². The predicted molar refractivity (Wildman–Crippen MR) is 118 cm³/mol. The van der Waals surface area contributed by atoms with Crippen molar-refractivity contribution in [2.75, 3.05) is 39.3 Å². The van der Waals surface area contributed by atoms with Crippen LogP contribution >= 0.6 is 0 Å². The van der Waals surface area contributed by atoms with Gasteiger partial charge in [0.1, 0.15) is 11.1 Å². The van der Waals surface area contributed by atoms with Crippen molar-refractivity contribution in [1.29, 1.82) is 0 Å². The molecule has 0 radical (unpaired) electrons. The van der Waals surface area contributed by atoms with Crippen LogP contribution in [0.4, 0.5) is 0 Å². The van der Waals surface area contributed by atoms with E-state index in [-0.39, 0.29) is 22.9 Å². The Morgan fingerprint density at radius 2 is 1.65 bits per heavy atom. The monoisotopic (exact) mass is 415 g/mol. The van der Waals surface area contributed by atoms with Crippen LogP contribution in [0.3, 0.4) is 0 Å². The second-order valence-electron chi connectivity index (χ2n) is 9.19. The molecule has 6 heteroatoms. The average molecular weight is 415 g/mol. The molecular weight excluding hydrogens is 390 g/mol. The minimum Gasteiger partial charge on any atom is -0.422 e. The summed E-state index contributed by atoms with van der Waals surface area (Å²) >= 11 is 0. The lowest BCUT2D eigenvalue weighted by atomic mass is 9.64. The van der Waals surface area contributed by atoms with Crippen LogP contribution in [0.5, 0.6) is 0 Å². The Hall–Kier alpha value is -2.96. The molecule has 2 aromatic carbocycles. The number of fused-ring (bicyclic) bond motifs is 2. The van der Waals surface area contributed by atoms with Gasteiger partial charge in [-0.05, 0) is 17.7 Å². The fourth-order valence-electron chi connectivity index (χ4n) is 6.01. The molecule has 4 saturated heterocycles. The number of piperidine rings is 2. The highest BCUT2D eigenvalue weighted by atomic mass is 16.4. The SMILES string of the molecule is O=C(NC1C2CN3CCN(C2)CC1(c1ccccc1)C3)c1cc2ccccc2oc1=O. The minimum atomic E-state index is -0.585. The highest BCUT2D eigenvalue weighted by Crippen LogP contribution is 2.43. The van der Waals surface area contributed by atoms with Gasteiger partial charge in [0.05, 0.1) is 0 Å². The molecule has 3 unspecified atom stereocenters. The van der Waals surface area contributed by atoms with Crippen LogP contribution in [0.1, 0.15) is 15.9 Å². The highest BCUT2D eigenvalue weighted by molar-refractivity contribution is 5.97. The number of carbonyl (C=O) groups is 1. The molecule has 4 aliphatic heterocycles. The molecule has 4 bridgehead atoms. The first-order valence-corrected chi connectivity index (χ1v) is 11.0. The van der Waals surface area contributed by atoms with Gasteiger partial charge >= 0.3 is 5.63 Å². The van der Waals surface area contributed by atoms with E-state index in [9.17, 15) is 9.59 Å². The Balaban J connectivity index is 1.40. The summed E-state index contributed by atoms with van der Waals surface area (Å²) in [4.78, 5) is 31.0. The fourth-order valence-corrected chi connectivity index (χ4v) is 6.01. The standard InChI is InChI=1S/C25H25N3O3/c29-23(20-12-17-6-4-5-9-21(17)31-24(20)30)26-22-18-13-27-10-11-28(14-18)16-25(22,15-27)19-7-2-1-3-8-19/h1-9,12,18,22H,10-11,13-16H2,(H,26,29). The number of nitrogens with zero attached hydrogens (tertiary/aromatic N) is 2. The van der Waals surface area contributed by atoms with Gasteiger partial charge in [0.2, 0.25) is 0 Å².